The van der Waals surface area contributed by atoms with Crippen molar-refractivity contribution in [3.63, 3.8) is 0 Å². The van der Waals surface area contributed by atoms with E-state index in [4.69, 9.17) is 5.73 Å². The fourth-order valence-corrected chi connectivity index (χ4v) is 2.01. The molecule has 2 rings (SSSR count). The van der Waals surface area contributed by atoms with Crippen LogP contribution >= 0.6 is 11.3 Å². The molecule has 0 spiro atoms. The lowest BCUT2D eigenvalue weighted by atomic mass is 10.4. The Balaban J connectivity index is 2.11. The molecule has 0 saturated heterocycles. The van der Waals surface area contributed by atoms with Gasteiger partial charge in [0.2, 0.25) is 0 Å². The highest BCUT2D eigenvalue weighted by Crippen LogP contribution is 2.20. The maximum absolute atomic E-state index is 11.8. The van der Waals surface area contributed by atoms with Crippen molar-refractivity contribution in [1.82, 2.24) is 9.78 Å². The van der Waals surface area contributed by atoms with Crippen LogP contribution in [-0.4, -0.2) is 15.7 Å². The second kappa shape index (κ2) is 4.36. The lowest BCUT2D eigenvalue weighted by molar-refractivity contribution is 0.103. The van der Waals surface area contributed by atoms with Crippen LogP contribution in [0.5, 0.6) is 0 Å². The lowest BCUT2D eigenvalue weighted by Crippen LogP contribution is -2.11. The standard InChI is InChI=1S/C10H12N4OS/c1-2-14-6-7(5-12-14)13-10(15)9-8(11)3-4-16-9/h3-6H,2,11H2,1H3,(H,13,15). The van der Waals surface area contributed by atoms with E-state index >= 15 is 0 Å². The predicted octanol–water partition coefficient (Wildman–Crippen LogP) is 1.80. The molecule has 16 heavy (non-hydrogen) atoms. The first kappa shape index (κ1) is 10.7. The number of thiophene rings is 1. The molecule has 5 nitrogen and oxygen atoms in total. The molecule has 0 saturated carbocycles. The Labute approximate surface area is 96.9 Å². The van der Waals surface area contributed by atoms with E-state index in [9.17, 15) is 4.79 Å². The fourth-order valence-electron chi connectivity index (χ4n) is 1.29. The summed E-state index contributed by atoms with van der Waals surface area (Å²) < 4.78 is 1.74. The van der Waals surface area contributed by atoms with Gasteiger partial charge >= 0.3 is 0 Å². The number of carbonyl (C=O) groups excluding carboxylic acids is 1. The van der Waals surface area contributed by atoms with Gasteiger partial charge in [0.05, 0.1) is 17.6 Å². The van der Waals surface area contributed by atoms with Crippen molar-refractivity contribution >= 4 is 28.6 Å². The summed E-state index contributed by atoms with van der Waals surface area (Å²) in [5, 5.41) is 8.60. The summed E-state index contributed by atoms with van der Waals surface area (Å²) in [6, 6.07) is 1.72. The zero-order chi connectivity index (χ0) is 11.5. The topological polar surface area (TPSA) is 72.9 Å². The van der Waals surface area contributed by atoms with Crippen molar-refractivity contribution in [1.29, 1.82) is 0 Å². The molecule has 2 aromatic rings. The second-order valence-electron chi connectivity index (χ2n) is 3.24. The molecular weight excluding hydrogens is 224 g/mol. The highest BCUT2D eigenvalue weighted by atomic mass is 32.1. The number of amides is 1. The summed E-state index contributed by atoms with van der Waals surface area (Å²) >= 11 is 1.33. The van der Waals surface area contributed by atoms with Gasteiger partial charge in [-0.25, -0.2) is 0 Å². The van der Waals surface area contributed by atoms with Crippen LogP contribution < -0.4 is 11.1 Å². The van der Waals surface area contributed by atoms with Gasteiger partial charge in [-0.2, -0.15) is 5.10 Å². The quantitative estimate of drug-likeness (QED) is 0.853. The van der Waals surface area contributed by atoms with Crippen LogP contribution in [0.4, 0.5) is 11.4 Å². The van der Waals surface area contributed by atoms with E-state index in [1.54, 1.807) is 28.5 Å². The first-order chi connectivity index (χ1) is 7.70. The Kier molecular flexibility index (Phi) is 2.91. The number of carbonyl (C=O) groups is 1. The highest BCUT2D eigenvalue weighted by Gasteiger charge is 2.11. The molecule has 0 radical (unpaired) electrons. The van der Waals surface area contributed by atoms with Crippen LogP contribution in [0.2, 0.25) is 0 Å². The number of nitrogens with zero attached hydrogens (tertiary/aromatic N) is 2. The van der Waals surface area contributed by atoms with Gasteiger partial charge in [-0.1, -0.05) is 0 Å². The number of rotatable bonds is 3. The van der Waals surface area contributed by atoms with Crippen molar-refractivity contribution in [2.45, 2.75) is 13.5 Å². The van der Waals surface area contributed by atoms with E-state index in [1.165, 1.54) is 11.3 Å². The first-order valence-corrected chi connectivity index (χ1v) is 5.75. The molecule has 6 heteroatoms. The van der Waals surface area contributed by atoms with E-state index in [-0.39, 0.29) is 5.91 Å². The van der Waals surface area contributed by atoms with Gasteiger partial charge < -0.3 is 11.1 Å². The smallest absolute Gasteiger partial charge is 0.267 e. The maximum atomic E-state index is 11.8. The number of nitrogens with one attached hydrogen (secondary N) is 1. The predicted molar refractivity (Wildman–Crippen MR) is 64.6 cm³/mol. The summed E-state index contributed by atoms with van der Waals surface area (Å²) in [6.07, 6.45) is 3.40. The molecule has 0 aliphatic heterocycles. The Hall–Kier alpha value is -1.82. The van der Waals surface area contributed by atoms with Crippen molar-refractivity contribution in [2.24, 2.45) is 0 Å². The average molecular weight is 236 g/mol. The van der Waals surface area contributed by atoms with Crippen molar-refractivity contribution in [3.8, 4) is 0 Å². The molecule has 1 amide bonds. The average Bonchev–Trinajstić information content (AvgIpc) is 2.86. The van der Waals surface area contributed by atoms with Crippen LogP contribution in [-0.2, 0) is 6.54 Å². The zero-order valence-electron chi connectivity index (χ0n) is 8.80. The molecular formula is C10H12N4OS. The molecule has 0 aliphatic carbocycles. The largest absolute Gasteiger partial charge is 0.397 e. The van der Waals surface area contributed by atoms with Crippen molar-refractivity contribution in [3.05, 3.63) is 28.7 Å². The number of aromatic nitrogens is 2. The summed E-state index contributed by atoms with van der Waals surface area (Å²) in [6.45, 7) is 2.76. The molecule has 0 unspecified atom stereocenters. The van der Waals surface area contributed by atoms with Gasteiger partial charge in [0.15, 0.2) is 0 Å². The summed E-state index contributed by atoms with van der Waals surface area (Å²) in [5.41, 5.74) is 6.84. The van der Waals surface area contributed by atoms with E-state index in [0.717, 1.165) is 6.54 Å². The Morgan fingerprint density at radius 3 is 3.06 bits per heavy atom. The SMILES string of the molecule is CCn1cc(NC(=O)c2sccc2N)cn1. The monoisotopic (exact) mass is 236 g/mol. The van der Waals surface area contributed by atoms with Gasteiger partial charge in [0.25, 0.3) is 5.91 Å². The fraction of sp³-hybridized carbons (Fsp3) is 0.200. The van der Waals surface area contributed by atoms with Crippen molar-refractivity contribution < 1.29 is 4.79 Å². The minimum atomic E-state index is -0.192. The van der Waals surface area contributed by atoms with Crippen LogP contribution in [0.15, 0.2) is 23.8 Å². The van der Waals surface area contributed by atoms with Gasteiger partial charge in [-0.3, -0.25) is 9.48 Å². The van der Waals surface area contributed by atoms with Crippen LogP contribution in [0.3, 0.4) is 0 Å². The minimum Gasteiger partial charge on any atom is -0.397 e. The van der Waals surface area contributed by atoms with E-state index in [1.807, 2.05) is 6.92 Å². The number of nitrogen functional groups attached to an aromatic ring is 1. The number of hydrogen-bond donors (Lipinski definition) is 2. The Morgan fingerprint density at radius 1 is 1.69 bits per heavy atom. The molecule has 2 aromatic heterocycles. The van der Waals surface area contributed by atoms with Gasteiger partial charge in [-0.15, -0.1) is 11.3 Å². The molecule has 0 bridgehead atoms. The number of aryl methyl sites for hydroxylation is 1. The van der Waals surface area contributed by atoms with Gasteiger partial charge in [0, 0.05) is 12.7 Å². The number of nitrogens with two attached hydrogens (primary N) is 1. The van der Waals surface area contributed by atoms with E-state index < -0.39 is 0 Å². The summed E-state index contributed by atoms with van der Waals surface area (Å²) in [4.78, 5) is 12.3. The number of anilines is 2. The first-order valence-electron chi connectivity index (χ1n) is 4.87. The molecule has 84 valence electrons. The molecule has 0 aromatic carbocycles. The third kappa shape index (κ3) is 2.06. The number of hydrogen-bond acceptors (Lipinski definition) is 4. The van der Waals surface area contributed by atoms with E-state index in [2.05, 4.69) is 10.4 Å². The molecule has 0 fully saturated rings. The van der Waals surface area contributed by atoms with Crippen LogP contribution in [0.1, 0.15) is 16.6 Å². The molecule has 0 aliphatic rings. The van der Waals surface area contributed by atoms with Gasteiger partial charge in [-0.05, 0) is 18.4 Å². The van der Waals surface area contributed by atoms with Crippen LogP contribution in [0.25, 0.3) is 0 Å². The van der Waals surface area contributed by atoms with E-state index in [0.29, 0.717) is 16.3 Å². The normalized spacial score (nSPS) is 10.3. The third-order valence-electron chi connectivity index (χ3n) is 2.12. The summed E-state index contributed by atoms with van der Waals surface area (Å²) in [5.74, 6) is -0.192. The molecule has 2 heterocycles. The minimum absolute atomic E-state index is 0.192. The summed E-state index contributed by atoms with van der Waals surface area (Å²) in [7, 11) is 0. The zero-order valence-corrected chi connectivity index (χ0v) is 9.62. The molecule has 0 atom stereocenters. The van der Waals surface area contributed by atoms with Crippen LogP contribution in [0, 0.1) is 0 Å². The van der Waals surface area contributed by atoms with Crippen molar-refractivity contribution in [2.75, 3.05) is 11.1 Å². The molecule has 3 N–H and O–H groups in total. The Bertz CT molecular complexity index is 502. The lowest BCUT2D eigenvalue weighted by Gasteiger charge is -2.00. The highest BCUT2D eigenvalue weighted by molar-refractivity contribution is 7.12. The third-order valence-corrected chi connectivity index (χ3v) is 3.05. The maximum Gasteiger partial charge on any atom is 0.267 e. The Morgan fingerprint density at radius 2 is 2.50 bits per heavy atom. The van der Waals surface area contributed by atoms with Gasteiger partial charge in [0.1, 0.15) is 4.88 Å². The second-order valence-corrected chi connectivity index (χ2v) is 4.16.